The number of anilines is 1. The van der Waals surface area contributed by atoms with E-state index in [1.807, 2.05) is 0 Å². The fraction of sp³-hybridized carbons (Fsp3) is 0.200. The zero-order valence-electron chi connectivity index (χ0n) is 15.9. The smallest absolute Gasteiger partial charge is 0.252 e. The number of primary sulfonamides is 1. The molecule has 0 spiro atoms. The molecular weight excluding hydrogens is 450 g/mol. The summed E-state index contributed by atoms with van der Waals surface area (Å²) in [5.74, 6) is -1.46. The highest BCUT2D eigenvalue weighted by atomic mass is 32.2. The van der Waals surface area contributed by atoms with Gasteiger partial charge in [-0.25, -0.2) is 37.8 Å². The van der Waals surface area contributed by atoms with Crippen molar-refractivity contribution in [2.24, 2.45) is 16.6 Å². The van der Waals surface area contributed by atoms with E-state index in [9.17, 15) is 21.6 Å². The first kappa shape index (κ1) is 23.0. The molecule has 168 valence electrons. The summed E-state index contributed by atoms with van der Waals surface area (Å²) < 4.78 is 50.6. The molecule has 0 bridgehead atoms. The lowest BCUT2D eigenvalue weighted by molar-refractivity contribution is 0.100. The van der Waals surface area contributed by atoms with Gasteiger partial charge in [0.2, 0.25) is 10.0 Å². The monoisotopic (exact) mass is 471 g/mol. The first-order valence-electron chi connectivity index (χ1n) is 8.66. The van der Waals surface area contributed by atoms with Crippen molar-refractivity contribution in [2.75, 3.05) is 18.0 Å². The summed E-state index contributed by atoms with van der Waals surface area (Å²) in [7, 11) is -8.65. The molecule has 12 N–H and O–H groups in total. The summed E-state index contributed by atoms with van der Waals surface area (Å²) in [5, 5.41) is 5.44. The summed E-state index contributed by atoms with van der Waals surface area (Å²) in [6.45, 7) is -0.226. The maximum Gasteiger partial charge on any atom is 0.252 e. The minimum atomic E-state index is -4.56. The number of hydrogen-bond donors (Lipinski definition) is 8. The van der Waals surface area contributed by atoms with Crippen molar-refractivity contribution in [3.63, 3.8) is 0 Å². The number of hydrogen-bond acceptors (Lipinski definition) is 12. The Morgan fingerprint density at radius 2 is 1.77 bits per heavy atom. The maximum absolute atomic E-state index is 12.7. The van der Waals surface area contributed by atoms with Gasteiger partial charge in [-0.15, -0.1) is 0 Å². The van der Waals surface area contributed by atoms with Crippen molar-refractivity contribution < 1.29 is 21.6 Å². The third kappa shape index (κ3) is 4.50. The molecule has 1 aliphatic rings. The number of sulfone groups is 1. The number of nitrogens with two attached hydrogens (primary N) is 4. The topological polar surface area (TPSA) is 250 Å². The van der Waals surface area contributed by atoms with Crippen molar-refractivity contribution in [3.05, 3.63) is 35.5 Å². The van der Waals surface area contributed by atoms with Gasteiger partial charge in [-0.1, -0.05) is 6.07 Å². The molecule has 0 radical (unpaired) electrons. The molecule has 0 aliphatic carbocycles. The molecule has 1 fully saturated rings. The van der Waals surface area contributed by atoms with Crippen molar-refractivity contribution in [1.29, 1.82) is 0 Å². The Balaban J connectivity index is 2.41. The van der Waals surface area contributed by atoms with Gasteiger partial charge in [0, 0.05) is 23.9 Å². The fourth-order valence-electron chi connectivity index (χ4n) is 3.14. The molecule has 1 aromatic carbocycles. The predicted molar refractivity (Wildman–Crippen MR) is 110 cm³/mol. The maximum atomic E-state index is 12.7. The highest BCUT2D eigenvalue weighted by Gasteiger charge is 2.34. The lowest BCUT2D eigenvalue weighted by atomic mass is 9.97. The lowest BCUT2D eigenvalue weighted by Crippen LogP contribution is -2.33. The Bertz CT molecular complexity index is 1240. The molecule has 1 aromatic heterocycles. The number of carbonyl (C=O) groups excluding carboxylic acids is 1. The van der Waals surface area contributed by atoms with Crippen LogP contribution in [0.5, 0.6) is 0 Å². The lowest BCUT2D eigenvalue weighted by Gasteiger charge is -2.21. The highest BCUT2D eigenvalue weighted by Crippen LogP contribution is 2.37. The average molecular weight is 472 g/mol. The van der Waals surface area contributed by atoms with Gasteiger partial charge >= 0.3 is 0 Å². The van der Waals surface area contributed by atoms with Crippen LogP contribution in [-0.4, -0.2) is 40.0 Å². The van der Waals surface area contributed by atoms with Crippen LogP contribution in [0.4, 0.5) is 5.82 Å². The van der Waals surface area contributed by atoms with E-state index in [0.717, 1.165) is 6.07 Å². The Morgan fingerprint density at radius 3 is 2.32 bits per heavy atom. The van der Waals surface area contributed by atoms with Gasteiger partial charge < -0.3 is 17.2 Å². The molecule has 14 nitrogen and oxygen atoms in total. The van der Waals surface area contributed by atoms with Gasteiger partial charge in [-0.3, -0.25) is 4.79 Å². The van der Waals surface area contributed by atoms with E-state index >= 15 is 0 Å². The number of aromatic nitrogens is 1. The zero-order chi connectivity index (χ0) is 23.0. The van der Waals surface area contributed by atoms with Crippen LogP contribution in [0, 0.1) is 0 Å². The number of benzene rings is 1. The minimum Gasteiger partial charge on any atom is -0.383 e. The standard InChI is InChI=1S/C15H21N9O5S2/c16-3-4-30(26,27)10-2-1-8(7-5-9(14(18)25)13(17)20-6-7)11(12(10)31(19,28)29)15-21-23-24-22-15/h1-2,5-6,15,21-24H,3-4,16H2,(H2,17,20)(H2,18,25)(H2,19,28,29). The molecule has 0 saturated carbocycles. The van der Waals surface area contributed by atoms with Crippen LogP contribution >= 0.6 is 0 Å². The Morgan fingerprint density at radius 1 is 1.13 bits per heavy atom. The second-order valence-electron chi connectivity index (χ2n) is 6.50. The van der Waals surface area contributed by atoms with Gasteiger partial charge in [-0.05, 0) is 17.7 Å². The summed E-state index contributed by atoms with van der Waals surface area (Å²) in [6.07, 6.45) is 0.336. The summed E-state index contributed by atoms with van der Waals surface area (Å²) in [5.41, 5.74) is 27.2. The average Bonchev–Trinajstić information content (AvgIpc) is 3.21. The number of primary amides is 1. The predicted octanol–water partition coefficient (Wildman–Crippen LogP) is -3.07. The number of amides is 1. The normalized spacial score (nSPS) is 15.3. The first-order chi connectivity index (χ1) is 14.5. The van der Waals surface area contributed by atoms with Crippen molar-refractivity contribution in [3.8, 4) is 11.1 Å². The Kier molecular flexibility index (Phi) is 6.25. The van der Waals surface area contributed by atoms with Crippen LogP contribution in [0.15, 0.2) is 34.2 Å². The van der Waals surface area contributed by atoms with Crippen LogP contribution in [0.3, 0.4) is 0 Å². The van der Waals surface area contributed by atoms with E-state index in [2.05, 4.69) is 26.9 Å². The Hall–Kier alpha value is -2.70. The second kappa shape index (κ2) is 8.44. The minimum absolute atomic E-state index is 0.0416. The largest absolute Gasteiger partial charge is 0.383 e. The quantitative estimate of drug-likeness (QED) is 0.200. The van der Waals surface area contributed by atoms with Gasteiger partial charge in [-0.2, -0.15) is 11.1 Å². The van der Waals surface area contributed by atoms with Crippen molar-refractivity contribution >= 4 is 31.6 Å². The number of rotatable bonds is 7. The Labute approximate surface area is 177 Å². The fourth-order valence-corrected chi connectivity index (χ4v) is 5.95. The first-order valence-corrected chi connectivity index (χ1v) is 11.9. The molecule has 0 atom stereocenters. The van der Waals surface area contributed by atoms with Crippen LogP contribution < -0.4 is 44.3 Å². The van der Waals surface area contributed by atoms with Gasteiger partial charge in [0.15, 0.2) is 9.84 Å². The van der Waals surface area contributed by atoms with Crippen LogP contribution in [-0.2, 0) is 19.9 Å². The third-order valence-corrected chi connectivity index (χ3v) is 7.37. The molecule has 1 amide bonds. The van der Waals surface area contributed by atoms with Gasteiger partial charge in [0.05, 0.1) is 16.2 Å². The van der Waals surface area contributed by atoms with Gasteiger partial charge in [0.25, 0.3) is 5.91 Å². The summed E-state index contributed by atoms with van der Waals surface area (Å²) in [6, 6.07) is 3.80. The molecule has 1 saturated heterocycles. The molecule has 3 rings (SSSR count). The van der Waals surface area contributed by atoms with Gasteiger partial charge in [0.1, 0.15) is 16.9 Å². The van der Waals surface area contributed by atoms with Crippen LogP contribution in [0.2, 0.25) is 0 Å². The molecule has 0 unspecified atom stereocenters. The molecule has 2 aromatic rings. The number of nitrogen functional groups attached to an aromatic ring is 1. The van der Waals surface area contributed by atoms with E-state index in [4.69, 9.17) is 22.3 Å². The molecule has 31 heavy (non-hydrogen) atoms. The van der Waals surface area contributed by atoms with E-state index in [-0.39, 0.29) is 34.6 Å². The second-order valence-corrected chi connectivity index (χ2v) is 10.1. The number of pyridine rings is 1. The molecule has 1 aliphatic heterocycles. The van der Waals surface area contributed by atoms with E-state index < -0.39 is 47.5 Å². The number of nitrogens with one attached hydrogen (secondary N) is 4. The molecular formula is C15H21N9O5S2. The zero-order valence-corrected chi connectivity index (χ0v) is 17.5. The number of hydrazine groups is 3. The van der Waals surface area contributed by atoms with E-state index in [0.29, 0.717) is 0 Å². The SMILES string of the molecule is NCCS(=O)(=O)c1ccc(-c2cnc(N)c(C(N)=O)c2)c(C2NNNN2)c1S(N)(=O)=O. The van der Waals surface area contributed by atoms with Crippen LogP contribution in [0.25, 0.3) is 11.1 Å². The number of carbonyl (C=O) groups is 1. The van der Waals surface area contributed by atoms with Crippen molar-refractivity contribution in [1.82, 2.24) is 26.9 Å². The molecule has 2 heterocycles. The van der Waals surface area contributed by atoms with E-state index in [1.165, 1.54) is 18.3 Å². The summed E-state index contributed by atoms with van der Waals surface area (Å²) >= 11 is 0. The van der Waals surface area contributed by atoms with Crippen LogP contribution in [0.1, 0.15) is 22.1 Å². The third-order valence-electron chi connectivity index (χ3n) is 4.45. The number of sulfonamides is 1. The number of nitrogens with zero attached hydrogens (tertiary/aromatic N) is 1. The van der Waals surface area contributed by atoms with E-state index in [1.54, 1.807) is 0 Å². The highest BCUT2D eigenvalue weighted by molar-refractivity contribution is 7.93. The summed E-state index contributed by atoms with van der Waals surface area (Å²) in [4.78, 5) is 14.5. The van der Waals surface area contributed by atoms with Crippen molar-refractivity contribution in [2.45, 2.75) is 16.0 Å². The molecule has 16 heteroatoms.